The highest BCUT2D eigenvalue weighted by Gasteiger charge is 2.23. The summed E-state index contributed by atoms with van der Waals surface area (Å²) in [7, 11) is 0. The average molecular weight is 388 g/mol. The Morgan fingerprint density at radius 2 is 1.64 bits per heavy atom. The number of amides is 1. The predicted octanol–water partition coefficient (Wildman–Crippen LogP) is 4.12. The van der Waals surface area contributed by atoms with Crippen molar-refractivity contribution in [3.63, 3.8) is 0 Å². The Kier molecular flexibility index (Phi) is 4.82. The zero-order valence-electron chi connectivity index (χ0n) is 15.0. The lowest BCUT2D eigenvalue weighted by atomic mass is 9.95. The van der Waals surface area contributed by atoms with Crippen LogP contribution in [0, 0.1) is 6.92 Å². The van der Waals surface area contributed by atoms with Gasteiger partial charge in [0.05, 0.1) is 11.4 Å². The smallest absolute Gasteiger partial charge is 0.277 e. The highest BCUT2D eigenvalue weighted by molar-refractivity contribution is 7.13. The molecule has 4 aromatic rings. The molecule has 0 radical (unpaired) electrons. The van der Waals surface area contributed by atoms with Gasteiger partial charge in [0.1, 0.15) is 5.56 Å². The third kappa shape index (κ3) is 3.47. The third-order valence-electron chi connectivity index (χ3n) is 4.16. The normalized spacial score (nSPS) is 10.6. The Balaban J connectivity index is 1.92. The molecule has 0 saturated carbocycles. The summed E-state index contributed by atoms with van der Waals surface area (Å²) >= 11 is 1.31. The standard InChI is InChI=1S/C21H16N4O2S/c1-13-12-28-21(22-13)23-19(26)17-16(14-8-4-2-5-9-14)18(24-25-20(17)27)15-10-6-3-7-11-15/h2-12H,1H3,(H,25,27)(H,22,23,26). The minimum Gasteiger partial charge on any atom is -0.298 e. The summed E-state index contributed by atoms with van der Waals surface area (Å²) in [4.78, 5) is 29.9. The summed E-state index contributed by atoms with van der Waals surface area (Å²) in [6, 6.07) is 18.7. The van der Waals surface area contributed by atoms with Gasteiger partial charge in [0.15, 0.2) is 5.13 Å². The SMILES string of the molecule is Cc1csc(NC(=O)c2c(-c3ccccc3)c(-c3ccccc3)n[nH]c2=O)n1. The Bertz CT molecular complexity index is 1180. The van der Waals surface area contributed by atoms with E-state index in [2.05, 4.69) is 20.5 Å². The molecular weight excluding hydrogens is 372 g/mol. The quantitative estimate of drug-likeness (QED) is 0.550. The fourth-order valence-electron chi connectivity index (χ4n) is 2.93. The van der Waals surface area contributed by atoms with Crippen LogP contribution in [0.25, 0.3) is 22.4 Å². The van der Waals surface area contributed by atoms with E-state index >= 15 is 0 Å². The molecule has 2 heterocycles. The number of thiazole rings is 1. The lowest BCUT2D eigenvalue weighted by molar-refractivity contribution is 0.102. The number of benzene rings is 2. The van der Waals surface area contributed by atoms with Gasteiger partial charge in [-0.05, 0) is 12.5 Å². The molecule has 0 unspecified atom stereocenters. The molecular formula is C21H16N4O2S. The zero-order chi connectivity index (χ0) is 19.5. The van der Waals surface area contributed by atoms with Crippen LogP contribution in [-0.4, -0.2) is 21.1 Å². The van der Waals surface area contributed by atoms with Gasteiger partial charge in [-0.25, -0.2) is 10.1 Å². The van der Waals surface area contributed by atoms with Crippen molar-refractivity contribution in [2.75, 3.05) is 5.32 Å². The molecule has 0 aliphatic heterocycles. The Morgan fingerprint density at radius 1 is 1.00 bits per heavy atom. The fraction of sp³-hybridized carbons (Fsp3) is 0.0476. The molecule has 6 nitrogen and oxygen atoms in total. The van der Waals surface area contributed by atoms with Crippen LogP contribution in [-0.2, 0) is 0 Å². The summed E-state index contributed by atoms with van der Waals surface area (Å²) in [5.74, 6) is -0.519. The van der Waals surface area contributed by atoms with Crippen LogP contribution in [0.5, 0.6) is 0 Å². The number of H-pyrrole nitrogens is 1. The topological polar surface area (TPSA) is 87.7 Å². The molecule has 0 fully saturated rings. The van der Waals surface area contributed by atoms with Gasteiger partial charge in [-0.3, -0.25) is 14.9 Å². The van der Waals surface area contributed by atoms with Gasteiger partial charge in [-0.2, -0.15) is 5.10 Å². The molecule has 138 valence electrons. The number of rotatable bonds is 4. The number of carbonyl (C=O) groups is 1. The van der Waals surface area contributed by atoms with Crippen LogP contribution in [0.2, 0.25) is 0 Å². The lowest BCUT2D eigenvalue weighted by Gasteiger charge is -2.13. The fourth-order valence-corrected chi connectivity index (χ4v) is 3.61. The maximum absolute atomic E-state index is 13.0. The molecule has 28 heavy (non-hydrogen) atoms. The van der Waals surface area contributed by atoms with Gasteiger partial charge in [0.25, 0.3) is 11.5 Å². The minimum atomic E-state index is -0.552. The van der Waals surface area contributed by atoms with Gasteiger partial charge in [-0.15, -0.1) is 11.3 Å². The maximum Gasteiger partial charge on any atom is 0.277 e. The zero-order valence-corrected chi connectivity index (χ0v) is 15.8. The van der Waals surface area contributed by atoms with Crippen LogP contribution in [0.1, 0.15) is 16.1 Å². The summed E-state index contributed by atoms with van der Waals surface area (Å²) in [5.41, 5.74) is 2.82. The molecule has 2 N–H and O–H groups in total. The van der Waals surface area contributed by atoms with Crippen molar-refractivity contribution >= 4 is 22.4 Å². The van der Waals surface area contributed by atoms with Gasteiger partial charge in [-0.1, -0.05) is 60.7 Å². The van der Waals surface area contributed by atoms with E-state index in [0.717, 1.165) is 16.8 Å². The van der Waals surface area contributed by atoms with Crippen LogP contribution in [0.4, 0.5) is 5.13 Å². The van der Waals surface area contributed by atoms with Crippen molar-refractivity contribution in [1.82, 2.24) is 15.2 Å². The molecule has 0 aliphatic carbocycles. The Labute approximate surface area is 164 Å². The number of hydrogen-bond donors (Lipinski definition) is 2. The largest absolute Gasteiger partial charge is 0.298 e. The lowest BCUT2D eigenvalue weighted by Crippen LogP contribution is -2.26. The second-order valence-corrected chi connectivity index (χ2v) is 6.99. The molecule has 0 aliphatic rings. The van der Waals surface area contributed by atoms with Gasteiger partial charge in [0.2, 0.25) is 0 Å². The number of nitrogens with one attached hydrogen (secondary N) is 2. The first-order chi connectivity index (χ1) is 13.6. The van der Waals surface area contributed by atoms with Crippen molar-refractivity contribution in [3.05, 3.63) is 87.7 Å². The molecule has 4 rings (SSSR count). The average Bonchev–Trinajstić information content (AvgIpc) is 3.13. The highest BCUT2D eigenvalue weighted by Crippen LogP contribution is 2.32. The van der Waals surface area contributed by atoms with E-state index < -0.39 is 11.5 Å². The number of aromatic nitrogens is 3. The van der Waals surface area contributed by atoms with Gasteiger partial charge >= 0.3 is 0 Å². The number of aromatic amines is 1. The second-order valence-electron chi connectivity index (χ2n) is 6.13. The molecule has 0 spiro atoms. The molecule has 7 heteroatoms. The molecule has 0 saturated heterocycles. The van der Waals surface area contributed by atoms with Crippen LogP contribution < -0.4 is 10.9 Å². The minimum absolute atomic E-state index is 0.00732. The molecule has 1 amide bonds. The van der Waals surface area contributed by atoms with Crippen molar-refractivity contribution in [2.45, 2.75) is 6.92 Å². The van der Waals surface area contributed by atoms with E-state index in [1.54, 1.807) is 0 Å². The van der Waals surface area contributed by atoms with E-state index in [0.29, 0.717) is 16.4 Å². The molecule has 0 bridgehead atoms. The first-order valence-corrected chi connectivity index (χ1v) is 9.48. The Morgan fingerprint density at radius 3 is 2.25 bits per heavy atom. The second kappa shape index (κ2) is 7.58. The van der Waals surface area contributed by atoms with E-state index in [-0.39, 0.29) is 5.56 Å². The summed E-state index contributed by atoms with van der Waals surface area (Å²) < 4.78 is 0. The number of aryl methyl sites for hydroxylation is 1. The molecule has 0 atom stereocenters. The van der Waals surface area contributed by atoms with Crippen molar-refractivity contribution in [3.8, 4) is 22.4 Å². The monoisotopic (exact) mass is 388 g/mol. The first kappa shape index (κ1) is 17.8. The van der Waals surface area contributed by atoms with E-state index in [1.165, 1.54) is 11.3 Å². The maximum atomic E-state index is 13.0. The number of carbonyl (C=O) groups excluding carboxylic acids is 1. The van der Waals surface area contributed by atoms with E-state index in [9.17, 15) is 9.59 Å². The van der Waals surface area contributed by atoms with E-state index in [1.807, 2.05) is 73.0 Å². The van der Waals surface area contributed by atoms with Crippen LogP contribution in [0.15, 0.2) is 70.8 Å². The van der Waals surface area contributed by atoms with Crippen LogP contribution in [0.3, 0.4) is 0 Å². The number of nitrogens with zero attached hydrogens (tertiary/aromatic N) is 2. The van der Waals surface area contributed by atoms with Crippen LogP contribution >= 0.6 is 11.3 Å². The third-order valence-corrected chi connectivity index (χ3v) is 5.03. The number of hydrogen-bond acceptors (Lipinski definition) is 5. The molecule has 2 aromatic carbocycles. The van der Waals surface area contributed by atoms with Crippen molar-refractivity contribution in [2.24, 2.45) is 0 Å². The Hall–Kier alpha value is -3.58. The number of anilines is 1. The van der Waals surface area contributed by atoms with Crippen molar-refractivity contribution in [1.29, 1.82) is 0 Å². The first-order valence-electron chi connectivity index (χ1n) is 8.60. The van der Waals surface area contributed by atoms with E-state index in [4.69, 9.17) is 0 Å². The summed E-state index contributed by atoms with van der Waals surface area (Å²) in [6.45, 7) is 1.84. The molecule has 2 aromatic heterocycles. The predicted molar refractivity (Wildman–Crippen MR) is 111 cm³/mol. The van der Waals surface area contributed by atoms with Gasteiger partial charge < -0.3 is 0 Å². The van der Waals surface area contributed by atoms with Crippen molar-refractivity contribution < 1.29 is 4.79 Å². The van der Waals surface area contributed by atoms with Gasteiger partial charge in [0, 0.05) is 16.5 Å². The summed E-state index contributed by atoms with van der Waals surface area (Å²) in [5, 5.41) is 11.7. The highest BCUT2D eigenvalue weighted by atomic mass is 32.1. The summed E-state index contributed by atoms with van der Waals surface area (Å²) in [6.07, 6.45) is 0.